The molecule has 3 rings (SSSR count). The lowest BCUT2D eigenvalue weighted by atomic mass is 10.1. The smallest absolute Gasteiger partial charge is 0.331 e. The van der Waals surface area contributed by atoms with E-state index in [9.17, 15) is 9.59 Å². The zero-order valence-electron chi connectivity index (χ0n) is 17.6. The average molecular weight is 428 g/mol. The molecule has 0 saturated carbocycles. The highest BCUT2D eigenvalue weighted by molar-refractivity contribution is 5.99. The van der Waals surface area contributed by atoms with Crippen molar-refractivity contribution in [2.75, 3.05) is 41.2 Å². The minimum Gasteiger partial charge on any atom is -0.493 e. The molecule has 0 N–H and O–H groups in total. The molecule has 0 amide bonds. The number of ether oxygens (including phenoxy) is 6. The number of carbonyl (C=O) groups excluding carboxylic acids is 2. The molecule has 2 aromatic carbocycles. The minimum atomic E-state index is -0.656. The Labute approximate surface area is 180 Å². The Balaban J connectivity index is 1.62. The van der Waals surface area contributed by atoms with Crippen molar-refractivity contribution in [2.45, 2.75) is 6.42 Å². The number of hydrogen-bond acceptors (Lipinski definition) is 8. The van der Waals surface area contributed by atoms with Crippen LogP contribution in [0.25, 0.3) is 6.08 Å². The fourth-order valence-electron chi connectivity index (χ4n) is 2.97. The van der Waals surface area contributed by atoms with Crippen LogP contribution in [0.1, 0.15) is 22.3 Å². The summed E-state index contributed by atoms with van der Waals surface area (Å²) in [5.41, 5.74) is 1.02. The van der Waals surface area contributed by atoms with E-state index in [0.29, 0.717) is 53.1 Å². The van der Waals surface area contributed by atoms with Crippen LogP contribution in [0.3, 0.4) is 0 Å². The van der Waals surface area contributed by atoms with E-state index in [-0.39, 0.29) is 5.78 Å². The van der Waals surface area contributed by atoms with E-state index in [0.717, 1.165) is 6.42 Å². The van der Waals surface area contributed by atoms with Crippen molar-refractivity contribution in [1.82, 2.24) is 0 Å². The first-order chi connectivity index (χ1) is 15.0. The number of carbonyl (C=O) groups is 2. The molecule has 31 heavy (non-hydrogen) atoms. The normalized spacial score (nSPS) is 12.7. The van der Waals surface area contributed by atoms with E-state index in [1.54, 1.807) is 30.3 Å². The van der Waals surface area contributed by atoms with Gasteiger partial charge in [0.25, 0.3) is 0 Å². The highest BCUT2D eigenvalue weighted by Crippen LogP contribution is 2.38. The summed E-state index contributed by atoms with van der Waals surface area (Å²) in [7, 11) is 4.52. The molecule has 0 saturated heterocycles. The highest BCUT2D eigenvalue weighted by atomic mass is 16.5. The molecule has 0 atom stereocenters. The van der Waals surface area contributed by atoms with Crippen LogP contribution < -0.4 is 23.7 Å². The monoisotopic (exact) mass is 428 g/mol. The Morgan fingerprint density at radius 3 is 2.26 bits per heavy atom. The van der Waals surface area contributed by atoms with Gasteiger partial charge in [0.05, 0.1) is 34.5 Å². The third-order valence-corrected chi connectivity index (χ3v) is 4.51. The van der Waals surface area contributed by atoms with E-state index >= 15 is 0 Å². The molecule has 0 unspecified atom stereocenters. The second-order valence-electron chi connectivity index (χ2n) is 6.53. The summed E-state index contributed by atoms with van der Waals surface area (Å²) >= 11 is 0. The lowest BCUT2D eigenvalue weighted by Crippen LogP contribution is -2.12. The first-order valence-corrected chi connectivity index (χ1v) is 9.63. The number of ketones is 1. The molecule has 1 heterocycles. The maximum absolute atomic E-state index is 12.4. The predicted octanol–water partition coefficient (Wildman–Crippen LogP) is 3.31. The maximum atomic E-state index is 12.4. The first kappa shape index (κ1) is 22.0. The molecule has 0 bridgehead atoms. The number of methoxy groups -OCH3 is 3. The lowest BCUT2D eigenvalue weighted by Gasteiger charge is -2.12. The molecule has 1 aliphatic heterocycles. The molecular weight excluding hydrogens is 404 g/mol. The van der Waals surface area contributed by atoms with Crippen molar-refractivity contribution < 1.29 is 38.0 Å². The third kappa shape index (κ3) is 5.48. The molecule has 164 valence electrons. The molecule has 0 fully saturated rings. The van der Waals surface area contributed by atoms with E-state index in [1.165, 1.54) is 33.5 Å². The molecule has 0 aliphatic carbocycles. The van der Waals surface area contributed by atoms with Gasteiger partial charge in [-0.1, -0.05) is 0 Å². The van der Waals surface area contributed by atoms with Crippen molar-refractivity contribution >= 4 is 17.8 Å². The summed E-state index contributed by atoms with van der Waals surface area (Å²) < 4.78 is 32.0. The first-order valence-electron chi connectivity index (χ1n) is 9.63. The quantitative estimate of drug-likeness (QED) is 0.359. The Kier molecular flexibility index (Phi) is 7.37. The summed E-state index contributed by atoms with van der Waals surface area (Å²) in [6, 6.07) is 8.28. The predicted molar refractivity (Wildman–Crippen MR) is 112 cm³/mol. The number of benzene rings is 2. The van der Waals surface area contributed by atoms with Crippen molar-refractivity contribution in [3.05, 3.63) is 47.5 Å². The topological polar surface area (TPSA) is 89.5 Å². The van der Waals surface area contributed by atoms with Gasteiger partial charge in [-0.25, -0.2) is 4.79 Å². The SMILES string of the molecule is COc1cc(/C=C/C(=O)OCC(=O)c2ccc3c(c2)OCCCO3)cc(OC)c1OC. The van der Waals surface area contributed by atoms with Crippen LogP contribution in [0.4, 0.5) is 0 Å². The van der Waals surface area contributed by atoms with Crippen LogP contribution in [-0.2, 0) is 9.53 Å². The van der Waals surface area contributed by atoms with Crippen molar-refractivity contribution in [3.8, 4) is 28.7 Å². The van der Waals surface area contributed by atoms with Gasteiger partial charge in [-0.3, -0.25) is 4.79 Å². The fraction of sp³-hybridized carbons (Fsp3) is 0.304. The van der Waals surface area contributed by atoms with Crippen LogP contribution >= 0.6 is 0 Å². The number of Topliss-reactive ketones (excluding diaryl/α,β-unsaturated/α-hetero) is 1. The summed E-state index contributed by atoms with van der Waals surface area (Å²) in [6.45, 7) is 0.694. The van der Waals surface area contributed by atoms with Crippen LogP contribution in [0.15, 0.2) is 36.4 Å². The van der Waals surface area contributed by atoms with Gasteiger partial charge in [0, 0.05) is 18.1 Å². The Morgan fingerprint density at radius 2 is 1.61 bits per heavy atom. The van der Waals surface area contributed by atoms with Gasteiger partial charge in [0.15, 0.2) is 35.4 Å². The third-order valence-electron chi connectivity index (χ3n) is 4.51. The molecule has 0 spiro atoms. The lowest BCUT2D eigenvalue weighted by molar-refractivity contribution is -0.136. The van der Waals surface area contributed by atoms with E-state index in [4.69, 9.17) is 28.4 Å². The fourth-order valence-corrected chi connectivity index (χ4v) is 2.97. The number of rotatable bonds is 8. The Morgan fingerprint density at radius 1 is 0.935 bits per heavy atom. The molecule has 8 heteroatoms. The number of esters is 1. The molecule has 0 aromatic heterocycles. The zero-order chi connectivity index (χ0) is 22.2. The average Bonchev–Trinajstić information content (AvgIpc) is 3.05. The van der Waals surface area contributed by atoms with Crippen molar-refractivity contribution in [3.63, 3.8) is 0 Å². The second kappa shape index (κ2) is 10.4. The van der Waals surface area contributed by atoms with Gasteiger partial charge in [-0.2, -0.15) is 0 Å². The number of fused-ring (bicyclic) bond motifs is 1. The summed E-state index contributed by atoms with van der Waals surface area (Å²) in [6.07, 6.45) is 3.53. The standard InChI is InChI=1S/C23H24O8/c1-26-20-11-15(12-21(27-2)23(20)28-3)5-8-22(25)31-14-17(24)16-6-7-18-19(13-16)30-10-4-9-29-18/h5-8,11-13H,4,9-10,14H2,1-3H3/b8-5+. The number of hydrogen-bond donors (Lipinski definition) is 0. The molecule has 2 aromatic rings. The van der Waals surface area contributed by atoms with Crippen LogP contribution in [0.2, 0.25) is 0 Å². The van der Waals surface area contributed by atoms with E-state index < -0.39 is 12.6 Å². The van der Waals surface area contributed by atoms with Crippen LogP contribution in [0.5, 0.6) is 28.7 Å². The molecule has 8 nitrogen and oxygen atoms in total. The highest BCUT2D eigenvalue weighted by Gasteiger charge is 2.16. The largest absolute Gasteiger partial charge is 0.493 e. The minimum absolute atomic E-state index is 0.342. The van der Waals surface area contributed by atoms with Crippen molar-refractivity contribution in [2.24, 2.45) is 0 Å². The van der Waals surface area contributed by atoms with Gasteiger partial charge in [0.2, 0.25) is 5.75 Å². The Bertz CT molecular complexity index is 955. The van der Waals surface area contributed by atoms with Gasteiger partial charge < -0.3 is 28.4 Å². The van der Waals surface area contributed by atoms with Crippen LogP contribution in [0, 0.1) is 0 Å². The summed E-state index contributed by atoms with van der Waals surface area (Å²) in [5.74, 6) is 1.47. The molecular formula is C23H24O8. The summed E-state index contributed by atoms with van der Waals surface area (Å²) in [5, 5.41) is 0. The maximum Gasteiger partial charge on any atom is 0.331 e. The van der Waals surface area contributed by atoms with E-state index in [1.807, 2.05) is 0 Å². The zero-order valence-corrected chi connectivity index (χ0v) is 17.6. The summed E-state index contributed by atoms with van der Waals surface area (Å²) in [4.78, 5) is 24.5. The molecule has 1 aliphatic rings. The van der Waals surface area contributed by atoms with Gasteiger partial charge in [-0.05, 0) is 42.0 Å². The molecule has 0 radical (unpaired) electrons. The van der Waals surface area contributed by atoms with Gasteiger partial charge in [0.1, 0.15) is 0 Å². The van der Waals surface area contributed by atoms with E-state index in [2.05, 4.69) is 0 Å². The van der Waals surface area contributed by atoms with Crippen LogP contribution in [-0.4, -0.2) is 52.9 Å². The van der Waals surface area contributed by atoms with Gasteiger partial charge in [-0.15, -0.1) is 0 Å². The Hall–Kier alpha value is -3.68. The van der Waals surface area contributed by atoms with Gasteiger partial charge >= 0.3 is 5.97 Å². The second-order valence-corrected chi connectivity index (χ2v) is 6.53. The van der Waals surface area contributed by atoms with Crippen molar-refractivity contribution in [1.29, 1.82) is 0 Å².